The second-order valence-corrected chi connectivity index (χ2v) is 7.99. The highest BCUT2D eigenvalue weighted by Crippen LogP contribution is 2.42. The topological polar surface area (TPSA) is 0 Å². The summed E-state index contributed by atoms with van der Waals surface area (Å²) >= 11 is 6.38. The minimum absolute atomic E-state index is 0.741. The average molecular weight is 417 g/mol. The monoisotopic (exact) mass is 416 g/mol. The van der Waals surface area contributed by atoms with Crippen molar-refractivity contribution in [2.45, 2.75) is 0 Å². The molecule has 148 valence electrons. The van der Waals surface area contributed by atoms with Crippen molar-refractivity contribution in [3.8, 4) is 44.5 Å². The number of hydrogen-bond acceptors (Lipinski definition) is 0. The first-order valence-electron chi connectivity index (χ1n) is 10.4. The van der Waals surface area contributed by atoms with Gasteiger partial charge < -0.3 is 0 Å². The summed E-state index contributed by atoms with van der Waals surface area (Å²) in [6, 6.07) is 44.5. The van der Waals surface area contributed by atoms with Crippen LogP contribution < -0.4 is 0 Å². The zero-order valence-electron chi connectivity index (χ0n) is 17.0. The van der Waals surface area contributed by atoms with E-state index in [4.69, 9.17) is 11.6 Å². The molecule has 5 rings (SSSR count). The van der Waals surface area contributed by atoms with E-state index >= 15 is 0 Å². The van der Waals surface area contributed by atoms with Gasteiger partial charge in [-0.15, -0.1) is 0 Å². The number of halogens is 1. The summed E-state index contributed by atoms with van der Waals surface area (Å²) in [5, 5.41) is 0.741. The van der Waals surface area contributed by atoms with Crippen LogP contribution in [0.15, 0.2) is 127 Å². The molecule has 0 fully saturated rings. The van der Waals surface area contributed by atoms with Crippen LogP contribution in [-0.4, -0.2) is 0 Å². The lowest BCUT2D eigenvalue weighted by molar-refractivity contribution is 1.54. The molecule has 0 bridgehead atoms. The molecular weight excluding hydrogens is 396 g/mol. The third-order valence-electron chi connectivity index (χ3n) is 5.55. The molecule has 0 saturated heterocycles. The molecule has 1 heteroatoms. The van der Waals surface area contributed by atoms with Gasteiger partial charge in [0.25, 0.3) is 0 Å². The van der Waals surface area contributed by atoms with E-state index in [0.717, 1.165) is 10.6 Å². The molecule has 0 aliphatic carbocycles. The molecule has 0 unspecified atom stereocenters. The molecule has 0 aliphatic heterocycles. The van der Waals surface area contributed by atoms with Gasteiger partial charge in [0.2, 0.25) is 0 Å². The zero-order valence-corrected chi connectivity index (χ0v) is 17.8. The van der Waals surface area contributed by atoms with Crippen molar-refractivity contribution >= 4 is 11.6 Å². The Balaban J connectivity index is 1.85. The van der Waals surface area contributed by atoms with E-state index in [-0.39, 0.29) is 0 Å². The summed E-state index contributed by atoms with van der Waals surface area (Å²) in [6.45, 7) is 0. The third kappa shape index (κ3) is 4.03. The summed E-state index contributed by atoms with van der Waals surface area (Å²) in [4.78, 5) is 0. The van der Waals surface area contributed by atoms with Gasteiger partial charge >= 0.3 is 0 Å². The lowest BCUT2D eigenvalue weighted by atomic mass is 9.86. The van der Waals surface area contributed by atoms with Crippen molar-refractivity contribution in [3.63, 3.8) is 0 Å². The van der Waals surface area contributed by atoms with Gasteiger partial charge in [0, 0.05) is 5.02 Å². The predicted molar refractivity (Wildman–Crippen MR) is 133 cm³/mol. The fourth-order valence-corrected chi connectivity index (χ4v) is 4.25. The van der Waals surface area contributed by atoms with E-state index in [1.165, 1.54) is 38.9 Å². The van der Waals surface area contributed by atoms with Crippen molar-refractivity contribution in [1.82, 2.24) is 0 Å². The van der Waals surface area contributed by atoms with Crippen LogP contribution in [0.25, 0.3) is 44.5 Å². The van der Waals surface area contributed by atoms with Crippen LogP contribution in [0.2, 0.25) is 5.02 Å². The van der Waals surface area contributed by atoms with Gasteiger partial charge in [0.1, 0.15) is 0 Å². The van der Waals surface area contributed by atoms with E-state index in [1.807, 2.05) is 18.2 Å². The number of hydrogen-bond donors (Lipinski definition) is 0. The van der Waals surface area contributed by atoms with Gasteiger partial charge in [-0.1, -0.05) is 115 Å². The molecule has 0 heterocycles. The standard InChI is InChI=1S/C30H21Cl/c31-26-18-10-17-25(19-26)30-21-28(23-13-6-2-7-14-23)27(22-11-4-1-5-12-22)20-29(30)24-15-8-3-9-16-24/h1-21H. The summed E-state index contributed by atoms with van der Waals surface area (Å²) < 4.78 is 0. The maximum atomic E-state index is 6.38. The molecule has 0 radical (unpaired) electrons. The van der Waals surface area contributed by atoms with Crippen molar-refractivity contribution in [3.05, 3.63) is 132 Å². The molecule has 0 saturated carbocycles. The molecule has 0 atom stereocenters. The van der Waals surface area contributed by atoms with E-state index in [2.05, 4.69) is 109 Å². The maximum absolute atomic E-state index is 6.38. The first-order chi connectivity index (χ1) is 15.3. The van der Waals surface area contributed by atoms with Gasteiger partial charge in [-0.3, -0.25) is 0 Å². The van der Waals surface area contributed by atoms with Crippen LogP contribution in [-0.2, 0) is 0 Å². The van der Waals surface area contributed by atoms with Crippen molar-refractivity contribution in [2.75, 3.05) is 0 Å². The summed E-state index contributed by atoms with van der Waals surface area (Å²) in [7, 11) is 0. The maximum Gasteiger partial charge on any atom is 0.0412 e. The highest BCUT2D eigenvalue weighted by atomic mass is 35.5. The van der Waals surface area contributed by atoms with E-state index in [9.17, 15) is 0 Å². The number of rotatable bonds is 4. The Hall–Kier alpha value is -3.61. The minimum atomic E-state index is 0.741. The molecule has 0 aromatic heterocycles. The summed E-state index contributed by atoms with van der Waals surface area (Å²) in [5.74, 6) is 0. The van der Waals surface area contributed by atoms with Gasteiger partial charge in [0.15, 0.2) is 0 Å². The second-order valence-electron chi connectivity index (χ2n) is 7.55. The Kier molecular flexibility index (Phi) is 5.39. The molecule has 0 amide bonds. The molecule has 0 spiro atoms. The molecule has 5 aromatic rings. The van der Waals surface area contributed by atoms with Crippen molar-refractivity contribution < 1.29 is 0 Å². The Morgan fingerprint density at radius 3 is 1.06 bits per heavy atom. The molecule has 0 nitrogen and oxygen atoms in total. The lowest BCUT2D eigenvalue weighted by Gasteiger charge is -2.18. The highest BCUT2D eigenvalue weighted by Gasteiger charge is 2.15. The normalized spacial score (nSPS) is 10.7. The van der Waals surface area contributed by atoms with Crippen LogP contribution in [0.5, 0.6) is 0 Å². The van der Waals surface area contributed by atoms with Gasteiger partial charge in [-0.25, -0.2) is 0 Å². The van der Waals surface area contributed by atoms with Gasteiger partial charge in [-0.2, -0.15) is 0 Å². The first-order valence-corrected chi connectivity index (χ1v) is 10.8. The minimum Gasteiger partial charge on any atom is -0.0843 e. The highest BCUT2D eigenvalue weighted by molar-refractivity contribution is 6.30. The average Bonchev–Trinajstić information content (AvgIpc) is 2.85. The predicted octanol–water partition coefficient (Wildman–Crippen LogP) is 9.01. The first kappa shape index (κ1) is 19.4. The fraction of sp³-hybridized carbons (Fsp3) is 0. The fourth-order valence-electron chi connectivity index (χ4n) is 4.06. The Labute approximate surface area is 188 Å². The lowest BCUT2D eigenvalue weighted by Crippen LogP contribution is -1.92. The SMILES string of the molecule is Clc1cccc(-c2cc(-c3ccccc3)c(-c3ccccc3)cc2-c2ccccc2)c1. The smallest absolute Gasteiger partial charge is 0.0412 e. The largest absolute Gasteiger partial charge is 0.0843 e. The Morgan fingerprint density at radius 2 is 0.677 bits per heavy atom. The van der Waals surface area contributed by atoms with Crippen LogP contribution >= 0.6 is 11.6 Å². The quantitative estimate of drug-likeness (QED) is 0.274. The zero-order chi connectivity index (χ0) is 21.0. The van der Waals surface area contributed by atoms with E-state index in [0.29, 0.717) is 0 Å². The summed E-state index contributed by atoms with van der Waals surface area (Å²) in [5.41, 5.74) is 9.50. The molecule has 0 aliphatic rings. The molecule has 5 aromatic carbocycles. The number of benzene rings is 5. The second kappa shape index (κ2) is 8.63. The Morgan fingerprint density at radius 1 is 0.323 bits per heavy atom. The molecule has 0 N–H and O–H groups in total. The van der Waals surface area contributed by atoms with Gasteiger partial charge in [-0.05, 0) is 68.8 Å². The molecular formula is C30H21Cl. The van der Waals surface area contributed by atoms with Crippen LogP contribution in [0.3, 0.4) is 0 Å². The van der Waals surface area contributed by atoms with Gasteiger partial charge in [0.05, 0.1) is 0 Å². The summed E-state index contributed by atoms with van der Waals surface area (Å²) in [6.07, 6.45) is 0. The van der Waals surface area contributed by atoms with Crippen LogP contribution in [0, 0.1) is 0 Å². The molecule has 31 heavy (non-hydrogen) atoms. The van der Waals surface area contributed by atoms with Crippen molar-refractivity contribution in [1.29, 1.82) is 0 Å². The third-order valence-corrected chi connectivity index (χ3v) is 5.78. The van der Waals surface area contributed by atoms with Crippen LogP contribution in [0.4, 0.5) is 0 Å². The van der Waals surface area contributed by atoms with Crippen molar-refractivity contribution in [2.24, 2.45) is 0 Å². The van der Waals surface area contributed by atoms with E-state index in [1.54, 1.807) is 0 Å². The Bertz CT molecular complexity index is 1310. The van der Waals surface area contributed by atoms with E-state index < -0.39 is 0 Å². The van der Waals surface area contributed by atoms with Crippen LogP contribution in [0.1, 0.15) is 0 Å².